The van der Waals surface area contributed by atoms with Gasteiger partial charge in [0.15, 0.2) is 0 Å². The van der Waals surface area contributed by atoms with Gasteiger partial charge in [0.1, 0.15) is 12.2 Å². The van der Waals surface area contributed by atoms with E-state index in [1.165, 1.54) is 11.3 Å². The zero-order valence-electron chi connectivity index (χ0n) is 13.3. The first kappa shape index (κ1) is 14.5. The lowest BCUT2D eigenvalue weighted by atomic mass is 10.2. The predicted octanol–water partition coefficient (Wildman–Crippen LogP) is 4.10. The molecule has 0 radical (unpaired) electrons. The van der Waals surface area contributed by atoms with Crippen LogP contribution in [0.4, 0.5) is 5.69 Å². The first-order valence-corrected chi connectivity index (χ1v) is 8.02. The van der Waals surface area contributed by atoms with Crippen molar-refractivity contribution in [3.8, 4) is 0 Å². The normalized spacial score (nSPS) is 10.8. The average molecular weight is 314 g/mol. The Morgan fingerprint density at radius 3 is 2.21 bits per heavy atom. The van der Waals surface area contributed by atoms with Gasteiger partial charge in [0.05, 0.1) is 5.52 Å². The Bertz CT molecular complexity index is 916. The fraction of sp³-hybridized carbons (Fsp3) is 0.100. The van der Waals surface area contributed by atoms with Crippen molar-refractivity contribution in [2.45, 2.75) is 13.2 Å². The van der Waals surface area contributed by atoms with Crippen molar-refractivity contribution in [3.63, 3.8) is 0 Å². The van der Waals surface area contributed by atoms with Crippen LogP contribution < -0.4 is 4.90 Å². The summed E-state index contributed by atoms with van der Waals surface area (Å²) in [5, 5.41) is 8.59. The van der Waals surface area contributed by atoms with E-state index >= 15 is 0 Å². The van der Waals surface area contributed by atoms with Gasteiger partial charge in [-0.1, -0.05) is 65.9 Å². The zero-order chi connectivity index (χ0) is 16.2. The van der Waals surface area contributed by atoms with Gasteiger partial charge in [0.25, 0.3) is 0 Å². The molecule has 0 spiro atoms. The molecule has 3 aromatic carbocycles. The van der Waals surface area contributed by atoms with E-state index in [1.54, 1.807) is 0 Å². The van der Waals surface area contributed by atoms with Crippen molar-refractivity contribution in [3.05, 3.63) is 90.5 Å². The average Bonchev–Trinajstić information content (AvgIpc) is 3.06. The molecular weight excluding hydrogens is 296 g/mol. The molecule has 1 heterocycles. The Kier molecular flexibility index (Phi) is 3.94. The third-order valence-corrected chi connectivity index (χ3v) is 4.06. The van der Waals surface area contributed by atoms with E-state index in [2.05, 4.69) is 69.8 Å². The molecule has 4 aromatic rings. The number of hydrogen-bond donors (Lipinski definition) is 0. The third-order valence-electron chi connectivity index (χ3n) is 4.06. The topological polar surface area (TPSA) is 34.0 Å². The van der Waals surface area contributed by atoms with Gasteiger partial charge in [-0.2, -0.15) is 0 Å². The summed E-state index contributed by atoms with van der Waals surface area (Å²) in [4.78, 5) is 2.30. The summed E-state index contributed by atoms with van der Waals surface area (Å²) in [6, 6.07) is 29.0. The van der Waals surface area contributed by atoms with Crippen LogP contribution in [0.3, 0.4) is 0 Å². The highest BCUT2D eigenvalue weighted by Crippen LogP contribution is 2.19. The number of aromatic nitrogens is 3. The monoisotopic (exact) mass is 314 g/mol. The van der Waals surface area contributed by atoms with E-state index in [4.69, 9.17) is 0 Å². The van der Waals surface area contributed by atoms with Crippen molar-refractivity contribution < 1.29 is 0 Å². The lowest BCUT2D eigenvalue weighted by Gasteiger charge is -2.25. The lowest BCUT2D eigenvalue weighted by molar-refractivity contribution is 0.570. The molecule has 0 bridgehead atoms. The van der Waals surface area contributed by atoms with Gasteiger partial charge in [0, 0.05) is 12.2 Å². The van der Waals surface area contributed by atoms with Crippen molar-refractivity contribution in [2.24, 2.45) is 0 Å². The van der Waals surface area contributed by atoms with Crippen LogP contribution in [-0.2, 0) is 13.2 Å². The molecule has 0 N–H and O–H groups in total. The van der Waals surface area contributed by atoms with Crippen LogP contribution in [0, 0.1) is 0 Å². The summed E-state index contributed by atoms with van der Waals surface area (Å²) in [6.45, 7) is 1.47. The minimum Gasteiger partial charge on any atom is -0.348 e. The molecule has 0 aliphatic heterocycles. The summed E-state index contributed by atoms with van der Waals surface area (Å²) in [5.41, 5.74) is 4.41. The van der Waals surface area contributed by atoms with Crippen LogP contribution >= 0.6 is 0 Å². The molecule has 0 aliphatic rings. The van der Waals surface area contributed by atoms with Crippen molar-refractivity contribution >= 4 is 16.7 Å². The van der Waals surface area contributed by atoms with Crippen LogP contribution in [0.25, 0.3) is 11.0 Å². The smallest absolute Gasteiger partial charge is 0.114 e. The molecule has 4 heteroatoms. The summed E-state index contributed by atoms with van der Waals surface area (Å²) < 4.78 is 1.95. The fourth-order valence-electron chi connectivity index (χ4n) is 2.85. The molecule has 4 rings (SSSR count). The van der Waals surface area contributed by atoms with Gasteiger partial charge < -0.3 is 4.90 Å². The second-order valence-corrected chi connectivity index (χ2v) is 5.74. The highest BCUT2D eigenvalue weighted by atomic mass is 15.5. The first-order chi connectivity index (χ1) is 11.9. The maximum atomic E-state index is 4.33. The largest absolute Gasteiger partial charge is 0.348 e. The van der Waals surface area contributed by atoms with Crippen molar-refractivity contribution in [1.29, 1.82) is 0 Å². The van der Waals surface area contributed by atoms with E-state index in [1.807, 2.05) is 35.0 Å². The molecule has 1 aromatic heterocycles. The standard InChI is InChI=1S/C20H18N4/c1-3-9-17(10-4-1)15-23(18-11-5-2-6-12-18)16-24-20-14-8-7-13-19(20)21-22-24/h1-14H,15-16H2. The molecule has 0 fully saturated rings. The lowest BCUT2D eigenvalue weighted by Crippen LogP contribution is -2.26. The van der Waals surface area contributed by atoms with E-state index in [9.17, 15) is 0 Å². The van der Waals surface area contributed by atoms with Crippen LogP contribution in [0.1, 0.15) is 5.56 Å². The minimum absolute atomic E-state index is 0.652. The molecule has 0 amide bonds. The van der Waals surface area contributed by atoms with Gasteiger partial charge in [-0.25, -0.2) is 4.68 Å². The summed E-state index contributed by atoms with van der Waals surface area (Å²) in [5.74, 6) is 0. The molecule has 4 nitrogen and oxygen atoms in total. The number of para-hydroxylation sites is 2. The zero-order valence-corrected chi connectivity index (χ0v) is 13.3. The van der Waals surface area contributed by atoms with Gasteiger partial charge >= 0.3 is 0 Å². The Morgan fingerprint density at radius 2 is 1.42 bits per heavy atom. The molecule has 0 unspecified atom stereocenters. The number of nitrogens with zero attached hydrogens (tertiary/aromatic N) is 4. The summed E-state index contributed by atoms with van der Waals surface area (Å²) >= 11 is 0. The number of anilines is 1. The van der Waals surface area contributed by atoms with Crippen molar-refractivity contribution in [2.75, 3.05) is 4.90 Å². The van der Waals surface area contributed by atoms with Crippen LogP contribution in [-0.4, -0.2) is 15.0 Å². The Labute approximate surface area is 141 Å². The third kappa shape index (κ3) is 2.99. The number of fused-ring (bicyclic) bond motifs is 1. The van der Waals surface area contributed by atoms with Crippen LogP contribution in [0.2, 0.25) is 0 Å². The minimum atomic E-state index is 0.652. The van der Waals surface area contributed by atoms with Crippen molar-refractivity contribution in [1.82, 2.24) is 15.0 Å². The van der Waals surface area contributed by atoms with Crippen LogP contribution in [0.5, 0.6) is 0 Å². The highest BCUT2D eigenvalue weighted by molar-refractivity contribution is 5.73. The molecule has 0 saturated carbocycles. The van der Waals surface area contributed by atoms with Gasteiger partial charge in [-0.3, -0.25) is 0 Å². The molecule has 0 aliphatic carbocycles. The first-order valence-electron chi connectivity index (χ1n) is 8.02. The second kappa shape index (κ2) is 6.54. The van der Waals surface area contributed by atoms with Gasteiger partial charge in [-0.15, -0.1) is 5.10 Å². The van der Waals surface area contributed by atoms with E-state index < -0.39 is 0 Å². The van der Waals surface area contributed by atoms with Gasteiger partial charge in [-0.05, 0) is 29.8 Å². The molecule has 0 atom stereocenters. The van der Waals surface area contributed by atoms with Gasteiger partial charge in [0.2, 0.25) is 0 Å². The summed E-state index contributed by atoms with van der Waals surface area (Å²) in [6.07, 6.45) is 0. The van der Waals surface area contributed by atoms with E-state index in [0.29, 0.717) is 6.67 Å². The maximum Gasteiger partial charge on any atom is 0.114 e. The molecule has 24 heavy (non-hydrogen) atoms. The number of rotatable bonds is 5. The number of benzene rings is 3. The number of hydrogen-bond acceptors (Lipinski definition) is 3. The fourth-order valence-corrected chi connectivity index (χ4v) is 2.85. The maximum absolute atomic E-state index is 4.33. The molecule has 118 valence electrons. The Morgan fingerprint density at radius 1 is 0.750 bits per heavy atom. The second-order valence-electron chi connectivity index (χ2n) is 5.74. The Hall–Kier alpha value is -3.14. The van der Waals surface area contributed by atoms with E-state index in [-0.39, 0.29) is 0 Å². The molecule has 0 saturated heterocycles. The molecular formula is C20H18N4. The predicted molar refractivity (Wildman–Crippen MR) is 96.6 cm³/mol. The SMILES string of the molecule is c1ccc(CN(Cn2nnc3ccccc32)c2ccccc2)cc1. The summed E-state index contributed by atoms with van der Waals surface area (Å²) in [7, 11) is 0. The quantitative estimate of drug-likeness (QED) is 0.556. The van der Waals surface area contributed by atoms with Crippen LogP contribution in [0.15, 0.2) is 84.9 Å². The van der Waals surface area contributed by atoms with E-state index in [0.717, 1.165) is 17.6 Å². The Balaban J connectivity index is 1.67. The highest BCUT2D eigenvalue weighted by Gasteiger charge is 2.11.